The normalized spacial score (nSPS) is 48.7. The first-order chi connectivity index (χ1) is 8.29. The van der Waals surface area contributed by atoms with Crippen LogP contribution in [0.3, 0.4) is 0 Å². The van der Waals surface area contributed by atoms with E-state index in [0.717, 1.165) is 12.0 Å². The van der Waals surface area contributed by atoms with Crippen molar-refractivity contribution in [3.8, 4) is 0 Å². The highest BCUT2D eigenvalue weighted by atomic mass is 16.3. The molecule has 3 heteroatoms. The van der Waals surface area contributed by atoms with Crippen molar-refractivity contribution in [1.82, 2.24) is 0 Å². The van der Waals surface area contributed by atoms with E-state index in [1.165, 1.54) is 0 Å². The number of rotatable bonds is 1. The Balaban J connectivity index is 2.36. The number of ketones is 1. The Morgan fingerprint density at radius 3 is 2.56 bits per heavy atom. The zero-order valence-electron chi connectivity index (χ0n) is 11.5. The topological polar surface area (TPSA) is 57.5 Å². The van der Waals surface area contributed by atoms with Gasteiger partial charge in [0.15, 0.2) is 5.78 Å². The van der Waals surface area contributed by atoms with E-state index in [1.807, 2.05) is 13.8 Å². The number of hydrogen-bond acceptors (Lipinski definition) is 3. The van der Waals surface area contributed by atoms with Gasteiger partial charge in [-0.3, -0.25) is 4.79 Å². The van der Waals surface area contributed by atoms with Gasteiger partial charge in [-0.1, -0.05) is 26.0 Å². The van der Waals surface area contributed by atoms with Gasteiger partial charge in [0.1, 0.15) is 6.10 Å². The average Bonchev–Trinajstić information content (AvgIpc) is 2.30. The maximum atomic E-state index is 12.4. The van der Waals surface area contributed by atoms with Crippen LogP contribution in [-0.2, 0) is 4.79 Å². The number of hydrogen-bond donors (Lipinski definition) is 2. The van der Waals surface area contributed by atoms with Crippen molar-refractivity contribution in [3.63, 3.8) is 0 Å². The van der Waals surface area contributed by atoms with Gasteiger partial charge in [-0.25, -0.2) is 0 Å². The summed E-state index contributed by atoms with van der Waals surface area (Å²) in [6.45, 7) is 9.88. The highest BCUT2D eigenvalue weighted by Gasteiger charge is 2.55. The fourth-order valence-corrected chi connectivity index (χ4v) is 3.90. The third-order valence-electron chi connectivity index (χ3n) is 5.47. The van der Waals surface area contributed by atoms with Gasteiger partial charge in [-0.2, -0.15) is 0 Å². The molecule has 0 saturated heterocycles. The molecule has 18 heavy (non-hydrogen) atoms. The highest BCUT2D eigenvalue weighted by Crippen LogP contribution is 2.54. The average molecular weight is 252 g/mol. The molecule has 2 aliphatic rings. The molecular formula is C15H24O3. The number of Topliss-reactive ketones (excluding diaryl/α,β-unsaturated/α-hetero) is 1. The second kappa shape index (κ2) is 4.46. The summed E-state index contributed by atoms with van der Waals surface area (Å²) in [5.41, 5.74) is 0.653. The smallest absolute Gasteiger partial charge is 0.165 e. The van der Waals surface area contributed by atoms with Gasteiger partial charge in [0.05, 0.1) is 6.10 Å². The van der Waals surface area contributed by atoms with Gasteiger partial charge in [0.2, 0.25) is 0 Å². The molecular weight excluding hydrogens is 228 g/mol. The SMILES string of the molecule is C=C(C)[C@H]1C[C@@]2(C)[C@H](CC[C@@H](O)[C@@H]2C)C(=O)[C@@H]1O. The van der Waals surface area contributed by atoms with E-state index in [2.05, 4.69) is 13.5 Å². The standard InChI is InChI=1S/C15H24O3/c1-8(2)10-7-15(4)9(3)12(16)6-5-11(15)14(18)13(10)17/h9-13,16-17H,1,5-7H2,2-4H3/t9-,10+,11+,12+,13+,15+/m0/s1. The molecule has 0 aromatic rings. The molecule has 0 unspecified atom stereocenters. The van der Waals surface area contributed by atoms with E-state index in [9.17, 15) is 15.0 Å². The number of carbonyl (C=O) groups is 1. The predicted molar refractivity (Wildman–Crippen MR) is 69.9 cm³/mol. The Bertz CT molecular complexity index is 376. The number of aliphatic hydroxyl groups excluding tert-OH is 2. The summed E-state index contributed by atoms with van der Waals surface area (Å²) in [5.74, 6) is -0.224. The van der Waals surface area contributed by atoms with E-state index in [0.29, 0.717) is 12.8 Å². The summed E-state index contributed by atoms with van der Waals surface area (Å²) in [4.78, 5) is 12.4. The van der Waals surface area contributed by atoms with Crippen LogP contribution in [0.25, 0.3) is 0 Å². The molecule has 2 fully saturated rings. The van der Waals surface area contributed by atoms with Crippen LogP contribution < -0.4 is 0 Å². The lowest BCUT2D eigenvalue weighted by Gasteiger charge is -2.53. The molecule has 0 bridgehead atoms. The first-order valence-corrected chi connectivity index (χ1v) is 6.84. The van der Waals surface area contributed by atoms with Crippen molar-refractivity contribution in [2.45, 2.75) is 52.2 Å². The van der Waals surface area contributed by atoms with Gasteiger partial charge in [0, 0.05) is 11.8 Å². The first kappa shape index (κ1) is 13.8. The molecule has 2 N–H and O–H groups in total. The zero-order valence-corrected chi connectivity index (χ0v) is 11.5. The van der Waals surface area contributed by atoms with Crippen molar-refractivity contribution >= 4 is 5.78 Å². The Morgan fingerprint density at radius 2 is 2.00 bits per heavy atom. The number of aliphatic hydroxyl groups is 2. The molecule has 0 heterocycles. The van der Waals surface area contributed by atoms with Crippen molar-refractivity contribution in [2.75, 3.05) is 0 Å². The van der Waals surface area contributed by atoms with Crippen LogP contribution in [0.15, 0.2) is 12.2 Å². The van der Waals surface area contributed by atoms with Crippen LogP contribution >= 0.6 is 0 Å². The summed E-state index contributed by atoms with van der Waals surface area (Å²) in [6.07, 6.45) is 0.874. The maximum absolute atomic E-state index is 12.4. The molecule has 0 aromatic carbocycles. The minimum Gasteiger partial charge on any atom is -0.393 e. The Labute approximate surface area is 109 Å². The lowest BCUT2D eigenvalue weighted by molar-refractivity contribution is -0.158. The zero-order chi connectivity index (χ0) is 13.7. The molecule has 0 aromatic heterocycles. The quantitative estimate of drug-likeness (QED) is 0.701. The molecule has 0 radical (unpaired) electrons. The van der Waals surface area contributed by atoms with Crippen LogP contribution in [0.1, 0.15) is 40.0 Å². The summed E-state index contributed by atoms with van der Waals surface area (Å²) >= 11 is 0. The van der Waals surface area contributed by atoms with Gasteiger partial charge >= 0.3 is 0 Å². The Morgan fingerprint density at radius 1 is 1.39 bits per heavy atom. The molecule has 0 aliphatic heterocycles. The predicted octanol–water partition coefficient (Wildman–Crippen LogP) is 1.93. The van der Waals surface area contributed by atoms with Gasteiger partial charge < -0.3 is 10.2 Å². The second-order valence-corrected chi connectivity index (χ2v) is 6.50. The Hall–Kier alpha value is -0.670. The van der Waals surface area contributed by atoms with Crippen LogP contribution in [-0.4, -0.2) is 28.2 Å². The fraction of sp³-hybridized carbons (Fsp3) is 0.800. The summed E-state index contributed by atoms with van der Waals surface area (Å²) in [6, 6.07) is 0. The van der Waals surface area contributed by atoms with Crippen LogP contribution in [0, 0.1) is 23.2 Å². The lowest BCUT2D eigenvalue weighted by atomic mass is 9.51. The number of fused-ring (bicyclic) bond motifs is 1. The van der Waals surface area contributed by atoms with E-state index in [-0.39, 0.29) is 35.1 Å². The lowest BCUT2D eigenvalue weighted by Crippen LogP contribution is -2.56. The molecule has 0 spiro atoms. The summed E-state index contributed by atoms with van der Waals surface area (Å²) in [5, 5.41) is 20.2. The minimum absolute atomic E-state index is 0.0458. The van der Waals surface area contributed by atoms with Crippen molar-refractivity contribution in [1.29, 1.82) is 0 Å². The van der Waals surface area contributed by atoms with E-state index in [1.54, 1.807) is 0 Å². The maximum Gasteiger partial charge on any atom is 0.165 e. The third kappa shape index (κ3) is 1.84. The van der Waals surface area contributed by atoms with Crippen LogP contribution in [0.5, 0.6) is 0 Å². The van der Waals surface area contributed by atoms with Gasteiger partial charge in [-0.15, -0.1) is 0 Å². The summed E-state index contributed by atoms with van der Waals surface area (Å²) in [7, 11) is 0. The van der Waals surface area contributed by atoms with Gasteiger partial charge in [0.25, 0.3) is 0 Å². The second-order valence-electron chi connectivity index (χ2n) is 6.50. The molecule has 102 valence electrons. The third-order valence-corrected chi connectivity index (χ3v) is 5.47. The molecule has 2 saturated carbocycles. The van der Waals surface area contributed by atoms with Crippen molar-refractivity contribution in [2.24, 2.45) is 23.2 Å². The molecule has 3 nitrogen and oxygen atoms in total. The molecule has 0 amide bonds. The van der Waals surface area contributed by atoms with E-state index >= 15 is 0 Å². The van der Waals surface area contributed by atoms with Gasteiger partial charge in [-0.05, 0) is 37.5 Å². The van der Waals surface area contributed by atoms with Crippen molar-refractivity contribution < 1.29 is 15.0 Å². The van der Waals surface area contributed by atoms with Crippen LogP contribution in [0.2, 0.25) is 0 Å². The first-order valence-electron chi connectivity index (χ1n) is 6.84. The highest BCUT2D eigenvalue weighted by molar-refractivity contribution is 5.87. The summed E-state index contributed by atoms with van der Waals surface area (Å²) < 4.78 is 0. The largest absolute Gasteiger partial charge is 0.393 e. The fourth-order valence-electron chi connectivity index (χ4n) is 3.90. The van der Waals surface area contributed by atoms with Crippen LogP contribution in [0.4, 0.5) is 0 Å². The monoisotopic (exact) mass is 252 g/mol. The molecule has 6 atom stereocenters. The molecule has 2 rings (SSSR count). The molecule has 2 aliphatic carbocycles. The number of carbonyl (C=O) groups excluding carboxylic acids is 1. The van der Waals surface area contributed by atoms with E-state index < -0.39 is 6.10 Å². The minimum atomic E-state index is -0.900. The Kier molecular flexibility index (Phi) is 3.41. The van der Waals surface area contributed by atoms with Crippen molar-refractivity contribution in [3.05, 3.63) is 12.2 Å². The van der Waals surface area contributed by atoms with E-state index in [4.69, 9.17) is 0 Å².